The molecule has 2 heterocycles. The van der Waals surface area contributed by atoms with Crippen molar-refractivity contribution in [3.05, 3.63) is 63.4 Å². The van der Waals surface area contributed by atoms with Crippen LogP contribution in [-0.4, -0.2) is 14.5 Å². The summed E-state index contributed by atoms with van der Waals surface area (Å²) in [5.74, 6) is 0.477. The van der Waals surface area contributed by atoms with E-state index in [4.69, 9.17) is 17.3 Å². The number of benzene rings is 1. The van der Waals surface area contributed by atoms with Gasteiger partial charge in [0.25, 0.3) is 5.56 Å². The molecule has 0 unspecified atom stereocenters. The van der Waals surface area contributed by atoms with E-state index in [1.807, 2.05) is 13.0 Å². The summed E-state index contributed by atoms with van der Waals surface area (Å²) in [5, 5.41) is 0.818. The monoisotopic (exact) mass is 314 g/mol. The van der Waals surface area contributed by atoms with E-state index in [2.05, 4.69) is 9.97 Å². The van der Waals surface area contributed by atoms with Gasteiger partial charge in [0.1, 0.15) is 5.82 Å². The molecule has 22 heavy (non-hydrogen) atoms. The van der Waals surface area contributed by atoms with Gasteiger partial charge in [0.2, 0.25) is 0 Å². The van der Waals surface area contributed by atoms with Crippen LogP contribution < -0.4 is 11.3 Å². The Morgan fingerprint density at radius 2 is 2.09 bits per heavy atom. The van der Waals surface area contributed by atoms with Gasteiger partial charge in [-0.1, -0.05) is 17.7 Å². The van der Waals surface area contributed by atoms with Gasteiger partial charge < -0.3 is 5.73 Å². The van der Waals surface area contributed by atoms with Gasteiger partial charge in [-0.25, -0.2) is 4.98 Å². The fourth-order valence-electron chi connectivity index (χ4n) is 2.40. The number of halogens is 1. The Morgan fingerprint density at radius 3 is 2.73 bits per heavy atom. The zero-order valence-corrected chi connectivity index (χ0v) is 13.0. The van der Waals surface area contributed by atoms with E-state index in [9.17, 15) is 4.79 Å². The predicted molar refractivity (Wildman–Crippen MR) is 87.5 cm³/mol. The molecule has 3 aromatic rings. The second kappa shape index (κ2) is 5.51. The number of rotatable bonds is 2. The van der Waals surface area contributed by atoms with Crippen molar-refractivity contribution in [2.75, 3.05) is 0 Å². The molecule has 112 valence electrons. The Hall–Kier alpha value is -2.24. The number of hydrogen-bond donors (Lipinski definition) is 1. The standard InChI is InChI=1S/C16H15ClN4O/c1-9-5-6-12-13(14(9)17)16(22)21(15(20-12)10(2)18)11-4-3-7-19-8-11/h3-8,10H,18H2,1-2H3/t10-/m0/s1. The Bertz CT molecular complexity index is 903. The molecule has 0 aliphatic heterocycles. The molecule has 0 radical (unpaired) electrons. The molecular formula is C16H15ClN4O. The molecule has 0 aliphatic rings. The second-order valence-corrected chi connectivity index (χ2v) is 5.58. The topological polar surface area (TPSA) is 73.8 Å². The molecule has 0 saturated heterocycles. The van der Waals surface area contributed by atoms with Crippen molar-refractivity contribution in [2.24, 2.45) is 5.73 Å². The van der Waals surface area contributed by atoms with E-state index in [1.54, 1.807) is 37.5 Å². The van der Waals surface area contributed by atoms with E-state index >= 15 is 0 Å². The highest BCUT2D eigenvalue weighted by atomic mass is 35.5. The van der Waals surface area contributed by atoms with Crippen molar-refractivity contribution < 1.29 is 0 Å². The van der Waals surface area contributed by atoms with E-state index < -0.39 is 6.04 Å². The van der Waals surface area contributed by atoms with Crippen molar-refractivity contribution in [3.63, 3.8) is 0 Å². The zero-order valence-electron chi connectivity index (χ0n) is 12.2. The Morgan fingerprint density at radius 1 is 1.32 bits per heavy atom. The summed E-state index contributed by atoms with van der Waals surface area (Å²) in [6.45, 7) is 3.64. The first-order valence-corrected chi connectivity index (χ1v) is 7.26. The Balaban J connectivity index is 2.49. The summed E-state index contributed by atoms with van der Waals surface area (Å²) in [4.78, 5) is 21.6. The van der Waals surface area contributed by atoms with Crippen LogP contribution in [0.5, 0.6) is 0 Å². The van der Waals surface area contributed by atoms with Gasteiger partial charge in [-0.15, -0.1) is 0 Å². The quantitative estimate of drug-likeness (QED) is 0.789. The number of fused-ring (bicyclic) bond motifs is 1. The molecule has 0 amide bonds. The molecule has 0 bridgehead atoms. The number of nitrogens with zero attached hydrogens (tertiary/aromatic N) is 3. The first kappa shape index (κ1) is 14.7. The number of aryl methyl sites for hydroxylation is 1. The summed E-state index contributed by atoms with van der Waals surface area (Å²) in [7, 11) is 0. The molecule has 1 atom stereocenters. The Kier molecular flexibility index (Phi) is 3.68. The van der Waals surface area contributed by atoms with Crippen molar-refractivity contribution in [2.45, 2.75) is 19.9 Å². The molecule has 2 N–H and O–H groups in total. The van der Waals surface area contributed by atoms with Crippen LogP contribution in [0.1, 0.15) is 24.4 Å². The lowest BCUT2D eigenvalue weighted by atomic mass is 10.1. The molecule has 0 spiro atoms. The summed E-state index contributed by atoms with van der Waals surface area (Å²) in [5.41, 5.74) is 7.77. The molecule has 0 saturated carbocycles. The smallest absolute Gasteiger partial charge is 0.267 e. The number of hydrogen-bond acceptors (Lipinski definition) is 4. The van der Waals surface area contributed by atoms with Crippen LogP contribution in [0.2, 0.25) is 5.02 Å². The average Bonchev–Trinajstić information content (AvgIpc) is 2.51. The number of pyridine rings is 1. The highest BCUT2D eigenvalue weighted by molar-refractivity contribution is 6.36. The normalized spacial score (nSPS) is 12.5. The third-order valence-electron chi connectivity index (χ3n) is 3.51. The van der Waals surface area contributed by atoms with E-state index in [-0.39, 0.29) is 5.56 Å². The van der Waals surface area contributed by atoms with Crippen molar-refractivity contribution in [3.8, 4) is 5.69 Å². The van der Waals surface area contributed by atoms with Crippen LogP contribution in [0.4, 0.5) is 0 Å². The van der Waals surface area contributed by atoms with Crippen molar-refractivity contribution >= 4 is 22.5 Å². The lowest BCUT2D eigenvalue weighted by molar-refractivity contribution is 0.695. The van der Waals surface area contributed by atoms with Crippen LogP contribution in [0.15, 0.2) is 41.5 Å². The molecule has 6 heteroatoms. The molecule has 0 fully saturated rings. The van der Waals surface area contributed by atoms with E-state index in [0.29, 0.717) is 27.4 Å². The first-order chi connectivity index (χ1) is 10.5. The highest BCUT2D eigenvalue weighted by Crippen LogP contribution is 2.25. The summed E-state index contributed by atoms with van der Waals surface area (Å²) in [6, 6.07) is 6.78. The van der Waals surface area contributed by atoms with E-state index in [1.165, 1.54) is 4.57 Å². The van der Waals surface area contributed by atoms with Gasteiger partial charge in [0.15, 0.2) is 0 Å². The minimum absolute atomic E-state index is 0.237. The van der Waals surface area contributed by atoms with Gasteiger partial charge in [-0.2, -0.15) is 0 Å². The van der Waals surface area contributed by atoms with Gasteiger partial charge in [0, 0.05) is 6.20 Å². The maximum Gasteiger partial charge on any atom is 0.267 e. The van der Waals surface area contributed by atoms with Gasteiger partial charge >= 0.3 is 0 Å². The fraction of sp³-hybridized carbons (Fsp3) is 0.188. The zero-order chi connectivity index (χ0) is 15.9. The largest absolute Gasteiger partial charge is 0.322 e. The van der Waals surface area contributed by atoms with Crippen molar-refractivity contribution in [1.82, 2.24) is 14.5 Å². The fourth-order valence-corrected chi connectivity index (χ4v) is 2.64. The van der Waals surface area contributed by atoms with E-state index in [0.717, 1.165) is 5.56 Å². The lowest BCUT2D eigenvalue weighted by Crippen LogP contribution is -2.27. The Labute approximate surface area is 132 Å². The molecule has 1 aromatic carbocycles. The number of aromatic nitrogens is 3. The van der Waals surface area contributed by atoms with Crippen molar-refractivity contribution in [1.29, 1.82) is 0 Å². The molecule has 3 rings (SSSR count). The maximum atomic E-state index is 13.0. The number of nitrogens with two attached hydrogens (primary N) is 1. The molecular weight excluding hydrogens is 300 g/mol. The minimum atomic E-state index is -0.405. The van der Waals surface area contributed by atoms with Crippen LogP contribution in [0.25, 0.3) is 16.6 Å². The third kappa shape index (κ3) is 2.28. The van der Waals surface area contributed by atoms with Crippen LogP contribution in [-0.2, 0) is 0 Å². The first-order valence-electron chi connectivity index (χ1n) is 6.88. The SMILES string of the molecule is Cc1ccc2nc([C@H](C)N)n(-c3cccnc3)c(=O)c2c1Cl. The maximum absolute atomic E-state index is 13.0. The molecule has 5 nitrogen and oxygen atoms in total. The minimum Gasteiger partial charge on any atom is -0.322 e. The second-order valence-electron chi connectivity index (χ2n) is 5.20. The predicted octanol–water partition coefficient (Wildman–Crippen LogP) is 2.76. The third-order valence-corrected chi connectivity index (χ3v) is 3.99. The average molecular weight is 315 g/mol. The van der Waals surface area contributed by atoms with Crippen LogP contribution in [0.3, 0.4) is 0 Å². The van der Waals surface area contributed by atoms with Gasteiger partial charge in [-0.05, 0) is 37.6 Å². The summed E-state index contributed by atoms with van der Waals surface area (Å²) >= 11 is 6.32. The molecule has 0 aliphatic carbocycles. The van der Waals surface area contributed by atoms with Gasteiger partial charge in [-0.3, -0.25) is 14.3 Å². The van der Waals surface area contributed by atoms with Crippen LogP contribution in [0, 0.1) is 6.92 Å². The van der Waals surface area contributed by atoms with Crippen LogP contribution >= 0.6 is 11.6 Å². The summed E-state index contributed by atoms with van der Waals surface area (Å²) < 4.78 is 1.48. The van der Waals surface area contributed by atoms with Gasteiger partial charge in [0.05, 0.1) is 33.9 Å². The summed E-state index contributed by atoms with van der Waals surface area (Å²) in [6.07, 6.45) is 3.25. The highest BCUT2D eigenvalue weighted by Gasteiger charge is 2.18. The lowest BCUT2D eigenvalue weighted by Gasteiger charge is -2.16. The molecule has 2 aromatic heterocycles.